The van der Waals surface area contributed by atoms with Gasteiger partial charge in [-0.25, -0.2) is 0 Å². The van der Waals surface area contributed by atoms with Gasteiger partial charge >= 0.3 is 0 Å². The second-order valence-corrected chi connectivity index (χ2v) is 9.60. The van der Waals surface area contributed by atoms with Crippen molar-refractivity contribution in [3.05, 3.63) is 82.4 Å². The van der Waals surface area contributed by atoms with Crippen molar-refractivity contribution in [2.45, 2.75) is 13.3 Å². The smallest absolute Gasteiger partial charge is 0.261 e. The van der Waals surface area contributed by atoms with Crippen molar-refractivity contribution in [1.82, 2.24) is 9.27 Å². The second kappa shape index (κ2) is 9.02. The summed E-state index contributed by atoms with van der Waals surface area (Å²) in [5.74, 6) is -1.47. The van der Waals surface area contributed by atoms with Gasteiger partial charge in [-0.2, -0.15) is 4.37 Å². The minimum absolute atomic E-state index is 0.179. The molecule has 0 spiro atoms. The van der Waals surface area contributed by atoms with Gasteiger partial charge in [0.2, 0.25) is 0 Å². The molecule has 0 fully saturated rings. The maximum Gasteiger partial charge on any atom is 0.261 e. The van der Waals surface area contributed by atoms with Crippen LogP contribution in [0.3, 0.4) is 0 Å². The SMILES string of the molecule is CCOCCCN1C(=O)c2ccc(C(=O)Nc3cccc4c3C(=O)c3cccc5snc-4c35)cc2C1=O. The number of benzene rings is 3. The predicted molar refractivity (Wildman–Crippen MR) is 139 cm³/mol. The third kappa shape index (κ3) is 3.66. The van der Waals surface area contributed by atoms with E-state index in [1.165, 1.54) is 34.6 Å². The molecule has 4 aromatic rings. The van der Waals surface area contributed by atoms with Gasteiger partial charge in [-0.3, -0.25) is 24.1 Å². The molecule has 0 saturated carbocycles. The number of ketones is 1. The molecule has 2 heterocycles. The van der Waals surface area contributed by atoms with Crippen LogP contribution in [0.25, 0.3) is 21.3 Å². The van der Waals surface area contributed by atoms with Crippen LogP contribution in [-0.2, 0) is 4.74 Å². The molecule has 8 nitrogen and oxygen atoms in total. The summed E-state index contributed by atoms with van der Waals surface area (Å²) < 4.78 is 10.8. The number of hydrogen-bond donors (Lipinski definition) is 1. The molecule has 0 bridgehead atoms. The Balaban J connectivity index is 1.28. The fourth-order valence-electron chi connectivity index (χ4n) is 4.90. The Morgan fingerprint density at radius 1 is 0.973 bits per heavy atom. The average Bonchev–Trinajstić information content (AvgIpc) is 3.45. The Kier molecular flexibility index (Phi) is 5.66. The van der Waals surface area contributed by atoms with Crippen molar-refractivity contribution in [2.24, 2.45) is 0 Å². The van der Waals surface area contributed by atoms with E-state index in [0.29, 0.717) is 42.0 Å². The van der Waals surface area contributed by atoms with Crippen molar-refractivity contribution in [3.63, 3.8) is 0 Å². The van der Waals surface area contributed by atoms with Crippen LogP contribution >= 0.6 is 11.5 Å². The number of nitrogens with one attached hydrogen (secondary N) is 1. The maximum atomic E-state index is 13.5. The van der Waals surface area contributed by atoms with Crippen LogP contribution in [0, 0.1) is 0 Å². The molecule has 0 unspecified atom stereocenters. The first-order valence-corrected chi connectivity index (χ1v) is 12.7. The van der Waals surface area contributed by atoms with Crippen molar-refractivity contribution < 1.29 is 23.9 Å². The number of carbonyl (C=O) groups excluding carboxylic acids is 4. The number of fused-ring (bicyclic) bond motifs is 3. The lowest BCUT2D eigenvalue weighted by Crippen LogP contribution is -2.31. The quantitative estimate of drug-likeness (QED) is 0.249. The minimum Gasteiger partial charge on any atom is -0.382 e. The number of amides is 3. The molecule has 2 aliphatic rings. The Bertz CT molecular complexity index is 1640. The molecule has 3 amide bonds. The van der Waals surface area contributed by atoms with Crippen LogP contribution in [0.5, 0.6) is 0 Å². The van der Waals surface area contributed by atoms with Crippen molar-refractivity contribution in [1.29, 1.82) is 0 Å². The van der Waals surface area contributed by atoms with Crippen molar-refractivity contribution >= 4 is 50.8 Å². The third-order valence-corrected chi connectivity index (χ3v) is 7.46. The van der Waals surface area contributed by atoms with Crippen LogP contribution in [0.2, 0.25) is 0 Å². The van der Waals surface area contributed by atoms with Gasteiger partial charge in [0.05, 0.1) is 32.8 Å². The Morgan fingerprint density at radius 2 is 1.76 bits per heavy atom. The van der Waals surface area contributed by atoms with E-state index in [4.69, 9.17) is 4.74 Å². The molecular weight excluding hydrogens is 490 g/mol. The van der Waals surface area contributed by atoms with E-state index >= 15 is 0 Å². The van der Waals surface area contributed by atoms with E-state index in [1.54, 1.807) is 18.2 Å². The molecular formula is C28H21N3O5S. The summed E-state index contributed by atoms with van der Waals surface area (Å²) in [7, 11) is 0. The number of rotatable bonds is 7. The van der Waals surface area contributed by atoms with Gasteiger partial charge in [0.15, 0.2) is 5.78 Å². The number of hydrogen-bond acceptors (Lipinski definition) is 7. The van der Waals surface area contributed by atoms with Crippen molar-refractivity contribution in [3.8, 4) is 11.3 Å². The summed E-state index contributed by atoms with van der Waals surface area (Å²) >= 11 is 1.33. The molecule has 3 aromatic carbocycles. The van der Waals surface area contributed by atoms with Crippen LogP contribution in [0.15, 0.2) is 54.6 Å². The number of ether oxygens (including phenoxy) is 1. The summed E-state index contributed by atoms with van der Waals surface area (Å²) in [6, 6.07) is 15.3. The fraction of sp³-hybridized carbons (Fsp3) is 0.179. The summed E-state index contributed by atoms with van der Waals surface area (Å²) in [6.07, 6.45) is 0.536. The molecule has 0 atom stereocenters. The van der Waals surface area contributed by atoms with Gasteiger partial charge in [-0.15, -0.1) is 0 Å². The van der Waals surface area contributed by atoms with E-state index in [1.807, 2.05) is 25.1 Å². The van der Waals surface area contributed by atoms with E-state index in [2.05, 4.69) is 9.69 Å². The first-order valence-electron chi connectivity index (χ1n) is 12.0. The third-order valence-electron chi connectivity index (χ3n) is 6.65. The molecule has 0 saturated heterocycles. The van der Waals surface area contributed by atoms with Gasteiger partial charge in [0.1, 0.15) is 0 Å². The molecule has 37 heavy (non-hydrogen) atoms. The number of carbonyl (C=O) groups is 4. The molecule has 0 radical (unpaired) electrons. The lowest BCUT2D eigenvalue weighted by Gasteiger charge is -2.19. The van der Waals surface area contributed by atoms with Gasteiger partial charge in [-0.05, 0) is 55.2 Å². The Morgan fingerprint density at radius 3 is 2.59 bits per heavy atom. The molecule has 9 heteroatoms. The van der Waals surface area contributed by atoms with E-state index in [0.717, 1.165) is 15.8 Å². The highest BCUT2D eigenvalue weighted by Gasteiger charge is 2.36. The zero-order valence-corrected chi connectivity index (χ0v) is 20.7. The first-order chi connectivity index (χ1) is 18.0. The van der Waals surface area contributed by atoms with E-state index in [9.17, 15) is 19.2 Å². The molecule has 1 aliphatic carbocycles. The van der Waals surface area contributed by atoms with Crippen LogP contribution in [0.1, 0.15) is 60.3 Å². The highest BCUT2D eigenvalue weighted by atomic mass is 32.1. The maximum absolute atomic E-state index is 13.5. The monoisotopic (exact) mass is 511 g/mol. The zero-order chi connectivity index (χ0) is 25.7. The largest absolute Gasteiger partial charge is 0.382 e. The van der Waals surface area contributed by atoms with Gasteiger partial charge in [0.25, 0.3) is 17.7 Å². The average molecular weight is 512 g/mol. The molecule has 1 aliphatic heterocycles. The zero-order valence-electron chi connectivity index (χ0n) is 19.9. The molecule has 184 valence electrons. The molecule has 1 N–H and O–H groups in total. The standard InChI is InChI=1S/C28H21N3O5S/c1-2-36-13-5-12-31-27(34)16-11-10-15(14-19(16)28(31)35)26(33)29-20-8-3-6-17-22(20)25(32)18-7-4-9-21-23(18)24(17)30-37-21/h3-4,6-11,14H,2,5,12-13H2,1H3,(H,29,33). The highest BCUT2D eigenvalue weighted by molar-refractivity contribution is 7.13. The van der Waals surface area contributed by atoms with Crippen LogP contribution in [-0.4, -0.2) is 52.5 Å². The summed E-state index contributed by atoms with van der Waals surface area (Å²) in [5, 5.41) is 3.67. The van der Waals surface area contributed by atoms with E-state index in [-0.39, 0.29) is 34.9 Å². The summed E-state index contributed by atoms with van der Waals surface area (Å²) in [6.45, 7) is 3.15. The number of nitrogens with zero attached hydrogens (tertiary/aromatic N) is 2. The van der Waals surface area contributed by atoms with Gasteiger partial charge in [-0.1, -0.05) is 24.3 Å². The topological polar surface area (TPSA) is 106 Å². The summed E-state index contributed by atoms with van der Waals surface area (Å²) in [5.41, 5.74) is 3.39. The fourth-order valence-corrected chi connectivity index (χ4v) is 5.71. The lowest BCUT2D eigenvalue weighted by molar-refractivity contribution is 0.0630. The van der Waals surface area contributed by atoms with Crippen molar-refractivity contribution in [2.75, 3.05) is 25.1 Å². The molecule has 1 aromatic heterocycles. The molecule has 6 rings (SSSR count). The Labute approximate surface area is 216 Å². The first kappa shape index (κ1) is 23.2. The van der Waals surface area contributed by atoms with Gasteiger partial charge < -0.3 is 10.1 Å². The van der Waals surface area contributed by atoms with E-state index < -0.39 is 11.8 Å². The Hall–Kier alpha value is -4.21. The number of aromatic nitrogens is 1. The normalized spacial score (nSPS) is 13.8. The predicted octanol–water partition coefficient (Wildman–Crippen LogP) is 4.78. The lowest BCUT2D eigenvalue weighted by atomic mass is 9.86. The second-order valence-electron chi connectivity index (χ2n) is 8.79. The van der Waals surface area contributed by atoms with Crippen LogP contribution in [0.4, 0.5) is 5.69 Å². The number of anilines is 1. The minimum atomic E-state index is -0.485. The van der Waals surface area contributed by atoms with Crippen LogP contribution < -0.4 is 5.32 Å². The highest BCUT2D eigenvalue weighted by Crippen LogP contribution is 2.42. The van der Waals surface area contributed by atoms with Gasteiger partial charge in [0, 0.05) is 41.8 Å². The summed E-state index contributed by atoms with van der Waals surface area (Å²) in [4.78, 5) is 53.5. The number of imide groups is 1.